The second-order valence-corrected chi connectivity index (χ2v) is 10.7. The van der Waals surface area contributed by atoms with Gasteiger partial charge in [0.15, 0.2) is 0 Å². The minimum Gasteiger partial charge on any atom is -0.497 e. The van der Waals surface area contributed by atoms with E-state index in [0.717, 1.165) is 27.8 Å². The number of likely N-dealkylation sites (tertiary alicyclic amines) is 1. The molecule has 1 heterocycles. The van der Waals surface area contributed by atoms with Crippen LogP contribution >= 0.6 is 0 Å². The van der Waals surface area contributed by atoms with Crippen molar-refractivity contribution in [2.75, 3.05) is 7.11 Å². The van der Waals surface area contributed by atoms with Gasteiger partial charge in [0.25, 0.3) is 5.91 Å². The lowest BCUT2D eigenvalue weighted by atomic mass is 9.47. The molecule has 1 fully saturated rings. The predicted molar refractivity (Wildman–Crippen MR) is 153 cm³/mol. The Labute approximate surface area is 237 Å². The molecule has 0 spiro atoms. The van der Waals surface area contributed by atoms with E-state index in [2.05, 4.69) is 10.5 Å². The average Bonchev–Trinajstić information content (AvgIpc) is 3.27. The SMILES string of the molecule is COc1cccc(C(=O)N/N=C\C23c4ccccc4C(c4ccccc42)[C@@H]2C(=O)N(Cc4ccccc4)C(=O)[C@@H]23)c1. The quantitative estimate of drug-likeness (QED) is 0.219. The minimum absolute atomic E-state index is 0.170. The third-order valence-corrected chi connectivity index (χ3v) is 8.72. The number of ether oxygens (including phenoxy) is 1. The highest BCUT2D eigenvalue weighted by Gasteiger charge is 2.67. The van der Waals surface area contributed by atoms with E-state index in [4.69, 9.17) is 4.74 Å². The van der Waals surface area contributed by atoms with Crippen LogP contribution in [0.15, 0.2) is 108 Å². The number of nitrogens with zero attached hydrogens (tertiary/aromatic N) is 2. The summed E-state index contributed by atoms with van der Waals surface area (Å²) in [5.74, 6) is -1.74. The maximum Gasteiger partial charge on any atom is 0.271 e. The van der Waals surface area contributed by atoms with Gasteiger partial charge in [0.1, 0.15) is 5.75 Å². The first kappa shape index (κ1) is 25.0. The summed E-state index contributed by atoms with van der Waals surface area (Å²) in [4.78, 5) is 42.9. The van der Waals surface area contributed by atoms with E-state index in [0.29, 0.717) is 11.3 Å². The van der Waals surface area contributed by atoms with Crippen molar-refractivity contribution in [1.82, 2.24) is 10.3 Å². The zero-order valence-corrected chi connectivity index (χ0v) is 22.4. The molecule has 1 N–H and O–H groups in total. The molecule has 0 radical (unpaired) electrons. The van der Waals surface area contributed by atoms with Gasteiger partial charge in [-0.25, -0.2) is 5.43 Å². The van der Waals surface area contributed by atoms with Crippen molar-refractivity contribution < 1.29 is 19.1 Å². The lowest BCUT2D eigenvalue weighted by Crippen LogP contribution is -2.54. The van der Waals surface area contributed by atoms with Crippen LogP contribution < -0.4 is 10.2 Å². The van der Waals surface area contributed by atoms with Crippen molar-refractivity contribution in [2.45, 2.75) is 17.9 Å². The van der Waals surface area contributed by atoms with Crippen LogP contribution in [0.1, 0.15) is 44.1 Å². The van der Waals surface area contributed by atoms with E-state index < -0.39 is 23.2 Å². The number of hydrazone groups is 1. The van der Waals surface area contributed by atoms with Crippen LogP contribution in [0.4, 0.5) is 0 Å². The molecular formula is C34H27N3O4. The highest BCUT2D eigenvalue weighted by Crippen LogP contribution is 2.63. The first-order chi connectivity index (χ1) is 20.0. The molecular weight excluding hydrogens is 514 g/mol. The number of benzene rings is 4. The zero-order chi connectivity index (χ0) is 28.1. The molecule has 4 aliphatic rings. The molecule has 0 saturated carbocycles. The topological polar surface area (TPSA) is 88.1 Å². The fraction of sp³-hybridized carbons (Fsp3) is 0.176. The van der Waals surface area contributed by atoms with Gasteiger partial charge in [-0.3, -0.25) is 19.3 Å². The third-order valence-electron chi connectivity index (χ3n) is 8.72. The number of amides is 3. The molecule has 4 aromatic carbocycles. The van der Waals surface area contributed by atoms with Crippen LogP contribution in [0.5, 0.6) is 5.75 Å². The highest BCUT2D eigenvalue weighted by molar-refractivity contribution is 6.11. The van der Waals surface area contributed by atoms with Gasteiger partial charge < -0.3 is 4.74 Å². The Bertz CT molecular complexity index is 1680. The number of rotatable bonds is 6. The monoisotopic (exact) mass is 541 g/mol. The standard InChI is InChI=1S/C34H27N3O4/c1-41-23-13-9-12-22(18-23)31(38)36-35-20-34-26-16-7-5-14-24(26)28(25-15-6-8-17-27(25)34)29-30(34)33(40)37(32(29)39)19-21-10-3-2-4-11-21/h2-18,20,28-30H,19H2,1H3,(H,36,38)/b35-20-/t28?,29-,30+,34?/m0/s1. The molecule has 8 rings (SSSR count). The Morgan fingerprint density at radius 3 is 2.22 bits per heavy atom. The summed E-state index contributed by atoms with van der Waals surface area (Å²) in [7, 11) is 1.54. The first-order valence-corrected chi connectivity index (χ1v) is 13.6. The second-order valence-electron chi connectivity index (χ2n) is 10.7. The van der Waals surface area contributed by atoms with E-state index in [1.165, 1.54) is 4.90 Å². The van der Waals surface area contributed by atoms with Crippen LogP contribution in [0.25, 0.3) is 0 Å². The smallest absolute Gasteiger partial charge is 0.271 e. The van der Waals surface area contributed by atoms with Crippen LogP contribution in [-0.2, 0) is 21.5 Å². The van der Waals surface area contributed by atoms with E-state index >= 15 is 0 Å². The summed E-state index contributed by atoms with van der Waals surface area (Å²) in [6, 6.07) is 32.3. The van der Waals surface area contributed by atoms with Gasteiger partial charge in [0.2, 0.25) is 11.8 Å². The summed E-state index contributed by atoms with van der Waals surface area (Å²) >= 11 is 0. The predicted octanol–water partition coefficient (Wildman–Crippen LogP) is 4.66. The van der Waals surface area contributed by atoms with Gasteiger partial charge >= 0.3 is 0 Å². The molecule has 41 heavy (non-hydrogen) atoms. The molecule has 0 unspecified atom stereocenters. The summed E-state index contributed by atoms with van der Waals surface area (Å²) in [5.41, 5.74) is 6.81. The normalized spacial score (nSPS) is 23.7. The van der Waals surface area contributed by atoms with Crippen LogP contribution in [0.3, 0.4) is 0 Å². The van der Waals surface area contributed by atoms with Crippen LogP contribution in [0, 0.1) is 11.8 Å². The van der Waals surface area contributed by atoms with Gasteiger partial charge in [0, 0.05) is 17.7 Å². The number of hydrogen-bond acceptors (Lipinski definition) is 5. The van der Waals surface area contributed by atoms with Crippen molar-refractivity contribution >= 4 is 23.9 Å². The number of hydrogen-bond donors (Lipinski definition) is 1. The van der Waals surface area contributed by atoms with E-state index in [1.54, 1.807) is 37.6 Å². The van der Waals surface area contributed by atoms with Crippen molar-refractivity contribution in [3.63, 3.8) is 0 Å². The summed E-state index contributed by atoms with van der Waals surface area (Å²) < 4.78 is 5.25. The number of methoxy groups -OCH3 is 1. The molecule has 4 aromatic rings. The highest BCUT2D eigenvalue weighted by atomic mass is 16.5. The number of imide groups is 1. The molecule has 2 bridgehead atoms. The summed E-state index contributed by atoms with van der Waals surface area (Å²) in [5, 5.41) is 4.47. The van der Waals surface area contributed by atoms with Gasteiger partial charge in [0.05, 0.1) is 30.9 Å². The molecule has 2 atom stereocenters. The second kappa shape index (κ2) is 9.55. The number of carbonyl (C=O) groups is 3. The minimum atomic E-state index is -1.04. The largest absolute Gasteiger partial charge is 0.497 e. The average molecular weight is 542 g/mol. The fourth-order valence-electron chi connectivity index (χ4n) is 7.05. The van der Waals surface area contributed by atoms with Crippen molar-refractivity contribution in [2.24, 2.45) is 16.9 Å². The van der Waals surface area contributed by atoms with Gasteiger partial charge in [-0.1, -0.05) is 84.9 Å². The van der Waals surface area contributed by atoms with Gasteiger partial charge in [-0.2, -0.15) is 5.10 Å². The molecule has 3 aliphatic carbocycles. The Morgan fingerprint density at radius 1 is 0.878 bits per heavy atom. The Hall–Kier alpha value is -5.04. The van der Waals surface area contributed by atoms with E-state index in [1.807, 2.05) is 78.9 Å². The van der Waals surface area contributed by atoms with Crippen LogP contribution in [-0.4, -0.2) is 35.9 Å². The first-order valence-electron chi connectivity index (χ1n) is 13.6. The maximum atomic E-state index is 14.3. The number of carbonyl (C=O) groups excluding carboxylic acids is 3. The lowest BCUT2D eigenvalue weighted by Gasteiger charge is -2.52. The Morgan fingerprint density at radius 2 is 1.54 bits per heavy atom. The molecule has 7 nitrogen and oxygen atoms in total. The van der Waals surface area contributed by atoms with E-state index in [9.17, 15) is 14.4 Å². The molecule has 3 amide bonds. The van der Waals surface area contributed by atoms with Crippen molar-refractivity contribution in [1.29, 1.82) is 0 Å². The van der Waals surface area contributed by atoms with Crippen molar-refractivity contribution in [3.05, 3.63) is 137 Å². The Balaban J connectivity index is 1.35. The van der Waals surface area contributed by atoms with Crippen LogP contribution in [0.2, 0.25) is 0 Å². The maximum absolute atomic E-state index is 14.3. The fourth-order valence-corrected chi connectivity index (χ4v) is 7.05. The third kappa shape index (κ3) is 3.65. The lowest BCUT2D eigenvalue weighted by molar-refractivity contribution is -0.140. The van der Waals surface area contributed by atoms with E-state index in [-0.39, 0.29) is 24.3 Å². The molecule has 1 saturated heterocycles. The van der Waals surface area contributed by atoms with Crippen molar-refractivity contribution in [3.8, 4) is 5.75 Å². The molecule has 7 heteroatoms. The summed E-state index contributed by atoms with van der Waals surface area (Å²) in [6.45, 7) is 0.213. The summed E-state index contributed by atoms with van der Waals surface area (Å²) in [6.07, 6.45) is 1.67. The van der Waals surface area contributed by atoms with Gasteiger partial charge in [-0.15, -0.1) is 0 Å². The molecule has 202 valence electrons. The zero-order valence-electron chi connectivity index (χ0n) is 22.4. The Kier molecular flexibility index (Phi) is 5.82. The molecule has 1 aliphatic heterocycles. The molecule has 0 aromatic heterocycles. The number of nitrogens with one attached hydrogen (secondary N) is 1. The van der Waals surface area contributed by atoms with Gasteiger partial charge in [-0.05, 0) is 46.0 Å².